The van der Waals surface area contributed by atoms with E-state index < -0.39 is 0 Å². The van der Waals surface area contributed by atoms with Crippen LogP contribution in [-0.2, 0) is 6.54 Å². The van der Waals surface area contributed by atoms with Crippen LogP contribution in [0.2, 0.25) is 0 Å². The second-order valence-corrected chi connectivity index (χ2v) is 6.77. The van der Waals surface area contributed by atoms with Crippen molar-refractivity contribution in [2.24, 2.45) is 5.41 Å². The van der Waals surface area contributed by atoms with E-state index in [0.717, 1.165) is 18.6 Å². The fourth-order valence-corrected chi connectivity index (χ4v) is 3.59. The first-order chi connectivity index (χ1) is 9.21. The third-order valence-electron chi connectivity index (χ3n) is 4.04. The maximum absolute atomic E-state index is 5.73. The number of thiazole rings is 1. The summed E-state index contributed by atoms with van der Waals surface area (Å²) < 4.78 is 1.19. The van der Waals surface area contributed by atoms with Gasteiger partial charge in [0.15, 0.2) is 5.13 Å². The van der Waals surface area contributed by atoms with E-state index in [-0.39, 0.29) is 0 Å². The van der Waals surface area contributed by atoms with Crippen LogP contribution in [0, 0.1) is 5.41 Å². The number of aromatic nitrogens is 1. The van der Waals surface area contributed by atoms with Gasteiger partial charge in [0.1, 0.15) is 0 Å². The first-order valence-corrected chi connectivity index (χ1v) is 7.88. The molecular formula is C15H21N3S. The molecule has 0 amide bonds. The molecule has 0 unspecified atom stereocenters. The molecule has 0 saturated heterocycles. The summed E-state index contributed by atoms with van der Waals surface area (Å²) in [5.74, 6) is 0. The highest BCUT2D eigenvalue weighted by Gasteiger charge is 2.40. The number of hydrogen-bond acceptors (Lipinski definition) is 4. The van der Waals surface area contributed by atoms with E-state index in [9.17, 15) is 0 Å². The minimum absolute atomic E-state index is 0.619. The molecule has 1 aromatic heterocycles. The second kappa shape index (κ2) is 5.10. The van der Waals surface area contributed by atoms with E-state index >= 15 is 0 Å². The summed E-state index contributed by atoms with van der Waals surface area (Å²) >= 11 is 1.56. The first-order valence-electron chi connectivity index (χ1n) is 7.06. The van der Waals surface area contributed by atoms with Gasteiger partial charge in [0.05, 0.1) is 10.2 Å². The molecule has 4 heteroatoms. The van der Waals surface area contributed by atoms with Gasteiger partial charge in [0, 0.05) is 13.1 Å². The molecule has 1 aliphatic rings. The van der Waals surface area contributed by atoms with Crippen molar-refractivity contribution in [1.29, 1.82) is 0 Å². The fourth-order valence-electron chi connectivity index (χ4n) is 2.79. The number of hydrogen-bond donors (Lipinski definition) is 2. The molecule has 1 heterocycles. The molecule has 3 rings (SSSR count). The topological polar surface area (TPSA) is 50.9 Å². The zero-order chi connectivity index (χ0) is 13.3. The van der Waals surface area contributed by atoms with Gasteiger partial charge in [-0.1, -0.05) is 30.7 Å². The maximum Gasteiger partial charge on any atom is 0.181 e. The van der Waals surface area contributed by atoms with Gasteiger partial charge in [0.2, 0.25) is 0 Å². The lowest BCUT2D eigenvalue weighted by atomic mass is 10.0. The van der Waals surface area contributed by atoms with E-state index in [1.165, 1.54) is 35.9 Å². The number of fused-ring (bicyclic) bond motifs is 1. The van der Waals surface area contributed by atoms with Crippen molar-refractivity contribution in [3.63, 3.8) is 0 Å². The predicted octanol–water partition coefficient (Wildman–Crippen LogP) is 3.55. The Labute approximate surface area is 118 Å². The smallest absolute Gasteiger partial charge is 0.181 e. The van der Waals surface area contributed by atoms with Crippen LogP contribution in [0.5, 0.6) is 0 Å². The van der Waals surface area contributed by atoms with Crippen LogP contribution in [0.25, 0.3) is 10.2 Å². The average Bonchev–Trinajstić information content (AvgIpc) is 3.02. The number of nitrogens with two attached hydrogens (primary N) is 1. The third-order valence-corrected chi connectivity index (χ3v) is 4.88. The Morgan fingerprint density at radius 2 is 2.26 bits per heavy atom. The summed E-state index contributed by atoms with van der Waals surface area (Å²) in [6, 6.07) is 6.42. The number of nitrogens with one attached hydrogen (secondary N) is 1. The highest BCUT2D eigenvalue weighted by atomic mass is 32.1. The highest BCUT2D eigenvalue weighted by molar-refractivity contribution is 7.22. The van der Waals surface area contributed by atoms with E-state index in [1.807, 2.05) is 0 Å². The largest absolute Gasteiger partial charge is 0.375 e. The molecule has 19 heavy (non-hydrogen) atoms. The van der Waals surface area contributed by atoms with Crippen LogP contribution in [0.3, 0.4) is 0 Å². The molecule has 1 aliphatic carbocycles. The molecule has 3 N–H and O–H groups in total. The van der Waals surface area contributed by atoms with E-state index in [2.05, 4.69) is 35.4 Å². The molecule has 0 radical (unpaired) electrons. The molecular weight excluding hydrogens is 254 g/mol. The molecule has 0 spiro atoms. The van der Waals surface area contributed by atoms with Gasteiger partial charge in [-0.05, 0) is 42.4 Å². The minimum Gasteiger partial charge on any atom is -0.375 e. The van der Waals surface area contributed by atoms with Crippen molar-refractivity contribution in [3.8, 4) is 0 Å². The normalized spacial score (nSPS) is 16.9. The molecule has 1 aromatic carbocycles. The number of benzene rings is 1. The lowest BCUT2D eigenvalue weighted by molar-refractivity contribution is 0.421. The molecule has 3 nitrogen and oxygen atoms in total. The predicted molar refractivity (Wildman–Crippen MR) is 82.3 cm³/mol. The fraction of sp³-hybridized carbons (Fsp3) is 0.533. The van der Waals surface area contributed by atoms with Crippen molar-refractivity contribution < 1.29 is 0 Å². The number of nitrogen functional groups attached to an aromatic ring is 1. The summed E-state index contributed by atoms with van der Waals surface area (Å²) in [4.78, 5) is 4.28. The molecule has 1 fully saturated rings. The summed E-state index contributed by atoms with van der Waals surface area (Å²) in [6.45, 7) is 4.38. The number of nitrogens with zero attached hydrogens (tertiary/aromatic N) is 1. The molecule has 2 aromatic rings. The maximum atomic E-state index is 5.73. The van der Waals surface area contributed by atoms with Crippen LogP contribution < -0.4 is 11.1 Å². The van der Waals surface area contributed by atoms with E-state index in [0.29, 0.717) is 10.5 Å². The monoisotopic (exact) mass is 275 g/mol. The molecule has 0 atom stereocenters. The van der Waals surface area contributed by atoms with Crippen LogP contribution in [-0.4, -0.2) is 11.5 Å². The van der Waals surface area contributed by atoms with Gasteiger partial charge < -0.3 is 11.1 Å². The van der Waals surface area contributed by atoms with Gasteiger partial charge >= 0.3 is 0 Å². The Morgan fingerprint density at radius 1 is 1.42 bits per heavy atom. The van der Waals surface area contributed by atoms with Crippen molar-refractivity contribution >= 4 is 26.7 Å². The van der Waals surface area contributed by atoms with Gasteiger partial charge in [-0.15, -0.1) is 0 Å². The lowest BCUT2D eigenvalue weighted by Gasteiger charge is -2.14. The van der Waals surface area contributed by atoms with Crippen molar-refractivity contribution in [2.45, 2.75) is 39.2 Å². The molecule has 0 bridgehead atoms. The summed E-state index contributed by atoms with van der Waals surface area (Å²) in [6.07, 6.45) is 5.47. The Balaban J connectivity index is 1.59. The zero-order valence-corrected chi connectivity index (χ0v) is 12.2. The van der Waals surface area contributed by atoms with Crippen LogP contribution in [0.1, 0.15) is 38.2 Å². The number of rotatable bonds is 6. The number of anilines is 1. The zero-order valence-electron chi connectivity index (χ0n) is 11.4. The van der Waals surface area contributed by atoms with E-state index in [1.54, 1.807) is 11.3 Å². The molecule has 1 saturated carbocycles. The standard InChI is InChI=1S/C15H21N3S/c1-2-5-15(6-7-15)10-17-9-11-3-4-12-13(8-11)19-14(16)18-12/h3-4,8,17H,2,5-7,9-10H2,1H3,(H2,16,18). The van der Waals surface area contributed by atoms with Crippen LogP contribution in [0.15, 0.2) is 18.2 Å². The Kier molecular flexibility index (Phi) is 3.46. The SMILES string of the molecule is CCCC1(CNCc2ccc3nc(N)sc3c2)CC1. The summed E-state index contributed by atoms with van der Waals surface area (Å²) in [5.41, 5.74) is 8.68. The Bertz CT molecular complexity index is 572. The lowest BCUT2D eigenvalue weighted by Crippen LogP contribution is -2.23. The van der Waals surface area contributed by atoms with Crippen LogP contribution in [0.4, 0.5) is 5.13 Å². The quantitative estimate of drug-likeness (QED) is 0.847. The van der Waals surface area contributed by atoms with Gasteiger partial charge in [-0.2, -0.15) is 0 Å². The van der Waals surface area contributed by atoms with Gasteiger partial charge in [-0.25, -0.2) is 4.98 Å². The highest BCUT2D eigenvalue weighted by Crippen LogP contribution is 2.48. The third kappa shape index (κ3) is 2.90. The van der Waals surface area contributed by atoms with Gasteiger partial charge in [0.25, 0.3) is 0 Å². The Hall–Kier alpha value is -1.13. The van der Waals surface area contributed by atoms with Crippen LogP contribution >= 0.6 is 11.3 Å². The first kappa shape index (κ1) is 12.9. The van der Waals surface area contributed by atoms with Crippen molar-refractivity contribution in [1.82, 2.24) is 10.3 Å². The van der Waals surface area contributed by atoms with E-state index in [4.69, 9.17) is 5.73 Å². The minimum atomic E-state index is 0.619. The summed E-state index contributed by atoms with van der Waals surface area (Å²) in [7, 11) is 0. The molecule has 0 aliphatic heterocycles. The Morgan fingerprint density at radius 3 is 3.00 bits per heavy atom. The van der Waals surface area contributed by atoms with Gasteiger partial charge in [-0.3, -0.25) is 0 Å². The second-order valence-electron chi connectivity index (χ2n) is 5.71. The average molecular weight is 275 g/mol. The van der Waals surface area contributed by atoms with Crippen molar-refractivity contribution in [3.05, 3.63) is 23.8 Å². The molecule has 102 valence electrons. The van der Waals surface area contributed by atoms with Crippen molar-refractivity contribution in [2.75, 3.05) is 12.3 Å². The summed E-state index contributed by atoms with van der Waals surface area (Å²) in [5, 5.41) is 4.27.